The number of aromatic nitrogens is 2. The van der Waals surface area contributed by atoms with Crippen molar-refractivity contribution in [2.24, 2.45) is 0 Å². The molecule has 0 aliphatic carbocycles. The van der Waals surface area contributed by atoms with Gasteiger partial charge in [0.1, 0.15) is 12.2 Å². The highest BCUT2D eigenvalue weighted by Gasteiger charge is 2.16. The summed E-state index contributed by atoms with van der Waals surface area (Å²) in [6.45, 7) is 4.16. The van der Waals surface area contributed by atoms with E-state index in [1.165, 1.54) is 101 Å². The molecule has 0 radical (unpaired) electrons. The SMILES string of the molecule is CCCCCCCCCCCCCCCCCCOCCN(c1ccn(CCOCP(=O)(O)O)c(=O)n1)c1cccc2ccccc12. The second kappa shape index (κ2) is 22.9. The fourth-order valence-electron chi connectivity index (χ4n) is 5.90. The maximum absolute atomic E-state index is 12.9. The van der Waals surface area contributed by atoms with Crippen LogP contribution in [0.25, 0.3) is 10.8 Å². The zero-order chi connectivity index (χ0) is 33.6. The molecular formula is C37H58N3O6P. The molecule has 1 aromatic heterocycles. The molecule has 0 saturated carbocycles. The van der Waals surface area contributed by atoms with Gasteiger partial charge in [0.15, 0.2) is 0 Å². The fraction of sp³-hybridized carbons (Fsp3) is 0.622. The lowest BCUT2D eigenvalue weighted by Gasteiger charge is -2.25. The number of unbranched alkanes of at least 4 members (excludes halogenated alkanes) is 15. The molecule has 0 amide bonds. The second-order valence-electron chi connectivity index (χ2n) is 12.5. The molecule has 0 fully saturated rings. The number of ether oxygens (including phenoxy) is 2. The Morgan fingerprint density at radius 1 is 0.723 bits per heavy atom. The number of benzene rings is 2. The van der Waals surface area contributed by atoms with Crippen LogP contribution in [-0.4, -0.2) is 52.1 Å². The summed E-state index contributed by atoms with van der Waals surface area (Å²) >= 11 is 0. The zero-order valence-electron chi connectivity index (χ0n) is 28.6. The minimum Gasteiger partial charge on any atom is -0.380 e. The Labute approximate surface area is 281 Å². The van der Waals surface area contributed by atoms with E-state index in [9.17, 15) is 9.36 Å². The van der Waals surface area contributed by atoms with Crippen molar-refractivity contribution in [3.05, 3.63) is 65.2 Å². The van der Waals surface area contributed by atoms with Crippen LogP contribution in [0.4, 0.5) is 11.5 Å². The van der Waals surface area contributed by atoms with Gasteiger partial charge >= 0.3 is 13.3 Å². The van der Waals surface area contributed by atoms with Crippen LogP contribution in [0, 0.1) is 0 Å². The Hall–Kier alpha value is -2.55. The van der Waals surface area contributed by atoms with E-state index >= 15 is 0 Å². The summed E-state index contributed by atoms with van der Waals surface area (Å²) in [5.74, 6) is 0.518. The Morgan fingerprint density at radius 2 is 1.32 bits per heavy atom. The smallest absolute Gasteiger partial charge is 0.350 e. The quantitative estimate of drug-likeness (QED) is 0.0610. The van der Waals surface area contributed by atoms with Crippen LogP contribution in [0.5, 0.6) is 0 Å². The summed E-state index contributed by atoms with van der Waals surface area (Å²) in [5.41, 5.74) is 0.491. The molecule has 0 saturated heterocycles. The summed E-state index contributed by atoms with van der Waals surface area (Å²) in [5, 5.41) is 2.16. The third kappa shape index (κ3) is 15.9. The molecule has 3 rings (SSSR count). The van der Waals surface area contributed by atoms with Crippen LogP contribution < -0.4 is 10.6 Å². The highest BCUT2D eigenvalue weighted by Crippen LogP contribution is 2.34. The third-order valence-corrected chi connectivity index (χ3v) is 9.05. The van der Waals surface area contributed by atoms with E-state index in [1.54, 1.807) is 12.3 Å². The largest absolute Gasteiger partial charge is 0.380 e. The molecule has 0 atom stereocenters. The van der Waals surface area contributed by atoms with Gasteiger partial charge < -0.3 is 24.2 Å². The predicted molar refractivity (Wildman–Crippen MR) is 193 cm³/mol. The third-order valence-electron chi connectivity index (χ3n) is 8.53. The van der Waals surface area contributed by atoms with Crippen LogP contribution in [0.15, 0.2) is 59.5 Å². The summed E-state index contributed by atoms with van der Waals surface area (Å²) in [6, 6.07) is 16.0. The van der Waals surface area contributed by atoms with E-state index in [4.69, 9.17) is 19.3 Å². The van der Waals surface area contributed by atoms with E-state index < -0.39 is 19.6 Å². The van der Waals surface area contributed by atoms with E-state index in [0.717, 1.165) is 22.9 Å². The number of hydrogen-bond donors (Lipinski definition) is 2. The molecule has 0 unspecified atom stereocenters. The van der Waals surface area contributed by atoms with Crippen LogP contribution in [0.2, 0.25) is 0 Å². The number of nitrogens with zero attached hydrogens (tertiary/aromatic N) is 3. The van der Waals surface area contributed by atoms with E-state index in [2.05, 4.69) is 30.1 Å². The number of anilines is 2. The lowest BCUT2D eigenvalue weighted by atomic mass is 10.0. The molecule has 10 heteroatoms. The molecule has 0 spiro atoms. The molecule has 0 aliphatic heterocycles. The maximum atomic E-state index is 12.9. The van der Waals surface area contributed by atoms with Crippen molar-refractivity contribution in [3.8, 4) is 0 Å². The van der Waals surface area contributed by atoms with Gasteiger partial charge in [-0.2, -0.15) is 4.98 Å². The number of fused-ring (bicyclic) bond motifs is 1. The Kier molecular flexibility index (Phi) is 19.0. The highest BCUT2D eigenvalue weighted by atomic mass is 31.2. The molecule has 47 heavy (non-hydrogen) atoms. The first kappa shape index (κ1) is 38.9. The fourth-order valence-corrected chi connectivity index (χ4v) is 6.27. The first-order chi connectivity index (χ1) is 22.9. The minimum atomic E-state index is -4.25. The summed E-state index contributed by atoms with van der Waals surface area (Å²) in [6.07, 6.45) is 22.4. The van der Waals surface area contributed by atoms with Crippen molar-refractivity contribution in [3.63, 3.8) is 0 Å². The molecule has 2 aromatic carbocycles. The van der Waals surface area contributed by atoms with Crippen molar-refractivity contribution in [2.45, 2.75) is 116 Å². The average molecular weight is 672 g/mol. The van der Waals surface area contributed by atoms with Crippen molar-refractivity contribution < 1.29 is 23.8 Å². The maximum Gasteiger partial charge on any atom is 0.350 e. The van der Waals surface area contributed by atoms with Gasteiger partial charge in [0.05, 0.1) is 25.4 Å². The van der Waals surface area contributed by atoms with Crippen molar-refractivity contribution in [1.29, 1.82) is 0 Å². The standard InChI is InChI=1S/C37H58N3O6P/c1-2-3-4-5-6-7-8-9-10-11-12-13-14-15-16-19-29-45-31-28-40(35-24-20-22-33-21-17-18-23-34(33)35)36-25-26-39(37(41)38-36)27-30-46-32-47(42,43)44/h17-18,20-26H,2-16,19,27-32H2,1H3,(H2,42,43,44). The van der Waals surface area contributed by atoms with Gasteiger partial charge in [-0.15, -0.1) is 0 Å². The van der Waals surface area contributed by atoms with Crippen LogP contribution in [0.3, 0.4) is 0 Å². The van der Waals surface area contributed by atoms with Crippen molar-refractivity contribution in [2.75, 3.05) is 37.6 Å². The lowest BCUT2D eigenvalue weighted by molar-refractivity contribution is 0.137. The van der Waals surface area contributed by atoms with Gasteiger partial charge in [0, 0.05) is 24.7 Å². The second-order valence-corrected chi connectivity index (χ2v) is 14.1. The molecule has 2 N–H and O–H groups in total. The Bertz CT molecular complexity index is 1370. The van der Waals surface area contributed by atoms with Gasteiger partial charge in [-0.05, 0) is 23.9 Å². The van der Waals surface area contributed by atoms with Gasteiger partial charge in [-0.3, -0.25) is 9.13 Å². The van der Waals surface area contributed by atoms with E-state index in [1.807, 2.05) is 29.2 Å². The van der Waals surface area contributed by atoms with E-state index in [-0.39, 0.29) is 13.2 Å². The first-order valence-electron chi connectivity index (χ1n) is 17.9. The van der Waals surface area contributed by atoms with Crippen LogP contribution in [-0.2, 0) is 20.6 Å². The molecule has 0 aliphatic rings. The normalized spacial score (nSPS) is 11.8. The molecular weight excluding hydrogens is 613 g/mol. The highest BCUT2D eigenvalue weighted by molar-refractivity contribution is 7.51. The van der Waals surface area contributed by atoms with Crippen LogP contribution in [0.1, 0.15) is 110 Å². The topological polar surface area (TPSA) is 114 Å². The van der Waals surface area contributed by atoms with Crippen molar-refractivity contribution >= 4 is 29.9 Å². The molecule has 9 nitrogen and oxygen atoms in total. The summed E-state index contributed by atoms with van der Waals surface area (Å²) in [7, 11) is -4.25. The lowest BCUT2D eigenvalue weighted by Crippen LogP contribution is -2.30. The summed E-state index contributed by atoms with van der Waals surface area (Å²) < 4.78 is 23.5. The number of rotatable bonds is 27. The van der Waals surface area contributed by atoms with Gasteiger partial charge in [0.2, 0.25) is 0 Å². The Balaban J connectivity index is 1.38. The minimum absolute atomic E-state index is 0.00766. The zero-order valence-corrected chi connectivity index (χ0v) is 29.5. The molecule has 1 heterocycles. The van der Waals surface area contributed by atoms with Crippen molar-refractivity contribution in [1.82, 2.24) is 9.55 Å². The predicted octanol–water partition coefficient (Wildman–Crippen LogP) is 8.96. The van der Waals surface area contributed by atoms with E-state index in [0.29, 0.717) is 25.6 Å². The number of hydrogen-bond acceptors (Lipinski definition) is 6. The monoisotopic (exact) mass is 671 g/mol. The van der Waals surface area contributed by atoms with Gasteiger partial charge in [-0.1, -0.05) is 140 Å². The average Bonchev–Trinajstić information content (AvgIpc) is 3.06. The molecule has 262 valence electrons. The molecule has 0 bridgehead atoms. The molecule has 3 aromatic rings. The van der Waals surface area contributed by atoms with Crippen LogP contribution >= 0.6 is 7.60 Å². The van der Waals surface area contributed by atoms with Gasteiger partial charge in [0.25, 0.3) is 0 Å². The Morgan fingerprint density at radius 3 is 1.94 bits per heavy atom. The summed E-state index contributed by atoms with van der Waals surface area (Å²) in [4.78, 5) is 37.2. The first-order valence-corrected chi connectivity index (χ1v) is 19.7. The van der Waals surface area contributed by atoms with Gasteiger partial charge in [-0.25, -0.2) is 4.79 Å².